The summed E-state index contributed by atoms with van der Waals surface area (Å²) in [6.07, 6.45) is 0.183. The van der Waals surface area contributed by atoms with Gasteiger partial charge >= 0.3 is 0 Å². The molecule has 0 amide bonds. The Morgan fingerprint density at radius 2 is 2.00 bits per heavy atom. The normalized spacial score (nSPS) is 18.8. The fraction of sp³-hybridized carbons (Fsp3) is 0.600. The molecule has 0 bridgehead atoms. The highest BCUT2D eigenvalue weighted by atomic mass is 16.5. The second-order valence-electron chi connectivity index (χ2n) is 5.13. The van der Waals surface area contributed by atoms with Crippen LogP contribution < -0.4 is 5.32 Å². The summed E-state index contributed by atoms with van der Waals surface area (Å²) in [7, 11) is 1.81. The lowest BCUT2D eigenvalue weighted by molar-refractivity contribution is 0.0589. The van der Waals surface area contributed by atoms with E-state index in [-0.39, 0.29) is 6.10 Å². The van der Waals surface area contributed by atoms with Gasteiger partial charge in [-0.05, 0) is 25.0 Å². The number of piperazine rings is 1. The number of hydrogen-bond donors (Lipinski definition) is 1. The number of nitrogens with zero attached hydrogens (tertiary/aromatic N) is 1. The Morgan fingerprint density at radius 3 is 2.67 bits per heavy atom. The molecule has 1 N–H and O–H groups in total. The van der Waals surface area contributed by atoms with Crippen molar-refractivity contribution in [3.63, 3.8) is 0 Å². The lowest BCUT2D eigenvalue weighted by Gasteiger charge is -2.31. The minimum atomic E-state index is 0.183. The first-order valence-electron chi connectivity index (χ1n) is 6.73. The molecule has 1 aromatic carbocycles. The first kappa shape index (κ1) is 13.5. The molecular formula is C15H24N2O. The van der Waals surface area contributed by atoms with E-state index in [1.54, 1.807) is 0 Å². The summed E-state index contributed by atoms with van der Waals surface area (Å²) in [5.74, 6) is 0. The van der Waals surface area contributed by atoms with Crippen molar-refractivity contribution in [1.82, 2.24) is 10.2 Å². The molecule has 2 rings (SSSR count). The molecule has 0 spiro atoms. The smallest absolute Gasteiger partial charge is 0.0950 e. The highest BCUT2D eigenvalue weighted by molar-refractivity contribution is 5.32. The van der Waals surface area contributed by atoms with Gasteiger partial charge < -0.3 is 10.1 Å². The molecule has 3 heteroatoms. The van der Waals surface area contributed by atoms with Crippen molar-refractivity contribution in [3.05, 3.63) is 34.9 Å². The van der Waals surface area contributed by atoms with Crippen molar-refractivity contribution in [2.45, 2.75) is 20.0 Å². The third-order valence-electron chi connectivity index (χ3n) is 3.70. The molecule has 1 atom stereocenters. The van der Waals surface area contributed by atoms with Gasteiger partial charge in [0.05, 0.1) is 6.10 Å². The van der Waals surface area contributed by atoms with Crippen LogP contribution in [0, 0.1) is 13.8 Å². The minimum Gasteiger partial charge on any atom is -0.375 e. The van der Waals surface area contributed by atoms with Gasteiger partial charge in [-0.2, -0.15) is 0 Å². The van der Waals surface area contributed by atoms with E-state index in [2.05, 4.69) is 42.3 Å². The predicted octanol–water partition coefficient (Wildman–Crippen LogP) is 1.90. The molecule has 1 heterocycles. The largest absolute Gasteiger partial charge is 0.375 e. The first-order chi connectivity index (χ1) is 8.70. The Balaban J connectivity index is 2.09. The van der Waals surface area contributed by atoms with E-state index in [0.717, 1.165) is 32.7 Å². The van der Waals surface area contributed by atoms with E-state index in [0.29, 0.717) is 0 Å². The fourth-order valence-electron chi connectivity index (χ4n) is 2.53. The lowest BCUT2D eigenvalue weighted by atomic mass is 10.00. The Kier molecular flexibility index (Phi) is 4.75. The van der Waals surface area contributed by atoms with E-state index in [1.165, 1.54) is 16.7 Å². The zero-order chi connectivity index (χ0) is 13.0. The third kappa shape index (κ3) is 3.31. The van der Waals surface area contributed by atoms with Gasteiger partial charge in [0.25, 0.3) is 0 Å². The number of methoxy groups -OCH3 is 1. The topological polar surface area (TPSA) is 24.5 Å². The lowest BCUT2D eigenvalue weighted by Crippen LogP contribution is -2.45. The van der Waals surface area contributed by atoms with E-state index < -0.39 is 0 Å². The monoisotopic (exact) mass is 248 g/mol. The molecule has 18 heavy (non-hydrogen) atoms. The van der Waals surface area contributed by atoms with Gasteiger partial charge in [-0.15, -0.1) is 0 Å². The first-order valence-corrected chi connectivity index (χ1v) is 6.73. The van der Waals surface area contributed by atoms with Crippen LogP contribution in [0.5, 0.6) is 0 Å². The van der Waals surface area contributed by atoms with Crippen LogP contribution in [0.25, 0.3) is 0 Å². The van der Waals surface area contributed by atoms with Crippen molar-refractivity contribution in [2.24, 2.45) is 0 Å². The zero-order valence-corrected chi connectivity index (χ0v) is 11.7. The number of rotatable bonds is 4. The fourth-order valence-corrected chi connectivity index (χ4v) is 2.53. The molecule has 0 aliphatic carbocycles. The maximum absolute atomic E-state index is 5.71. The van der Waals surface area contributed by atoms with Crippen LogP contribution in [0.15, 0.2) is 18.2 Å². The van der Waals surface area contributed by atoms with Gasteiger partial charge in [-0.25, -0.2) is 0 Å². The number of hydrogen-bond acceptors (Lipinski definition) is 3. The molecule has 1 aromatic rings. The van der Waals surface area contributed by atoms with Crippen molar-refractivity contribution in [1.29, 1.82) is 0 Å². The summed E-state index contributed by atoms with van der Waals surface area (Å²) in [4.78, 5) is 2.48. The van der Waals surface area contributed by atoms with Crippen LogP contribution in [-0.2, 0) is 4.74 Å². The summed E-state index contributed by atoms with van der Waals surface area (Å²) in [6, 6.07) is 6.61. The van der Waals surface area contributed by atoms with Crippen LogP contribution in [0.4, 0.5) is 0 Å². The maximum Gasteiger partial charge on any atom is 0.0950 e. The summed E-state index contributed by atoms with van der Waals surface area (Å²) in [5.41, 5.74) is 3.96. The maximum atomic E-state index is 5.71. The quantitative estimate of drug-likeness (QED) is 0.881. The molecule has 1 aliphatic heterocycles. The molecule has 3 nitrogen and oxygen atoms in total. The second-order valence-corrected chi connectivity index (χ2v) is 5.13. The standard InChI is InChI=1S/C15H24N2O/c1-12-4-5-13(2)14(10-12)15(18-3)11-17-8-6-16-7-9-17/h4-5,10,15-16H,6-9,11H2,1-3H3. The van der Waals surface area contributed by atoms with Crippen LogP contribution in [0.2, 0.25) is 0 Å². The molecule has 0 aromatic heterocycles. The van der Waals surface area contributed by atoms with Crippen LogP contribution in [-0.4, -0.2) is 44.7 Å². The number of benzene rings is 1. The van der Waals surface area contributed by atoms with Crippen molar-refractivity contribution in [3.8, 4) is 0 Å². The third-order valence-corrected chi connectivity index (χ3v) is 3.70. The molecule has 1 unspecified atom stereocenters. The SMILES string of the molecule is COC(CN1CCNCC1)c1cc(C)ccc1C. The molecule has 0 saturated carbocycles. The highest BCUT2D eigenvalue weighted by Crippen LogP contribution is 2.23. The summed E-state index contributed by atoms with van der Waals surface area (Å²) < 4.78 is 5.71. The van der Waals surface area contributed by atoms with Gasteiger partial charge in [0.15, 0.2) is 0 Å². The molecular weight excluding hydrogens is 224 g/mol. The molecule has 1 aliphatic rings. The van der Waals surface area contributed by atoms with Gasteiger partial charge in [-0.3, -0.25) is 4.90 Å². The minimum absolute atomic E-state index is 0.183. The summed E-state index contributed by atoms with van der Waals surface area (Å²) in [5, 5.41) is 3.38. The van der Waals surface area contributed by atoms with Gasteiger partial charge in [0.1, 0.15) is 0 Å². The zero-order valence-electron chi connectivity index (χ0n) is 11.7. The van der Waals surface area contributed by atoms with Gasteiger partial charge in [-0.1, -0.05) is 23.8 Å². The Morgan fingerprint density at radius 1 is 1.28 bits per heavy atom. The summed E-state index contributed by atoms with van der Waals surface area (Å²) in [6.45, 7) is 9.70. The van der Waals surface area contributed by atoms with Gasteiger partial charge in [0, 0.05) is 39.8 Å². The van der Waals surface area contributed by atoms with Crippen LogP contribution in [0.3, 0.4) is 0 Å². The Bertz CT molecular complexity index is 386. The Hall–Kier alpha value is -0.900. The van der Waals surface area contributed by atoms with E-state index in [4.69, 9.17) is 4.74 Å². The molecule has 100 valence electrons. The average molecular weight is 248 g/mol. The molecule has 1 fully saturated rings. The van der Waals surface area contributed by atoms with Crippen LogP contribution >= 0.6 is 0 Å². The van der Waals surface area contributed by atoms with Crippen molar-refractivity contribution >= 4 is 0 Å². The van der Waals surface area contributed by atoms with E-state index in [9.17, 15) is 0 Å². The molecule has 1 saturated heterocycles. The van der Waals surface area contributed by atoms with E-state index >= 15 is 0 Å². The number of ether oxygens (including phenoxy) is 1. The Labute approximate surface area is 110 Å². The highest BCUT2D eigenvalue weighted by Gasteiger charge is 2.18. The van der Waals surface area contributed by atoms with Gasteiger partial charge in [0.2, 0.25) is 0 Å². The molecule has 0 radical (unpaired) electrons. The van der Waals surface area contributed by atoms with Crippen LogP contribution in [0.1, 0.15) is 22.8 Å². The number of aryl methyl sites for hydroxylation is 2. The van der Waals surface area contributed by atoms with Crippen molar-refractivity contribution in [2.75, 3.05) is 39.8 Å². The number of nitrogens with one attached hydrogen (secondary N) is 1. The predicted molar refractivity (Wildman–Crippen MR) is 75.0 cm³/mol. The summed E-state index contributed by atoms with van der Waals surface area (Å²) >= 11 is 0. The average Bonchev–Trinajstić information content (AvgIpc) is 2.40. The van der Waals surface area contributed by atoms with Crippen molar-refractivity contribution < 1.29 is 4.74 Å². The van der Waals surface area contributed by atoms with E-state index in [1.807, 2.05) is 7.11 Å². The second kappa shape index (κ2) is 6.32.